The molecule has 3 aliphatic rings. The predicted molar refractivity (Wildman–Crippen MR) is 80.1 cm³/mol. The van der Waals surface area contributed by atoms with Crippen LogP contribution in [0.4, 0.5) is 0 Å². The molecule has 1 aliphatic carbocycles. The van der Waals surface area contributed by atoms with Gasteiger partial charge in [0, 0.05) is 6.04 Å². The molecule has 1 saturated heterocycles. The fraction of sp³-hybridized carbons (Fsp3) is 0.500. The van der Waals surface area contributed by atoms with Crippen LogP contribution in [0.2, 0.25) is 0 Å². The highest BCUT2D eigenvalue weighted by Gasteiger charge is 2.41. The fourth-order valence-corrected chi connectivity index (χ4v) is 3.64. The van der Waals surface area contributed by atoms with E-state index in [4.69, 9.17) is 16.3 Å². The van der Waals surface area contributed by atoms with Crippen molar-refractivity contribution < 1.29 is 14.3 Å². The standard InChI is InChI=1S/C16H18ClNO3/c1-2-21-16(20)11-7-10-5-6-18-9-12(19)3-4-14(17)13(8-11)15(10)18/h3-4,7-8,10,14-15H,2,5-6,9H2,1H3. The Balaban J connectivity index is 1.98. The quantitative estimate of drug-likeness (QED) is 0.577. The van der Waals surface area contributed by atoms with Gasteiger partial charge in [0.05, 0.1) is 24.1 Å². The van der Waals surface area contributed by atoms with Crippen molar-refractivity contribution in [2.75, 3.05) is 19.7 Å². The van der Waals surface area contributed by atoms with Crippen LogP contribution in [0.5, 0.6) is 0 Å². The Kier molecular flexibility index (Phi) is 4.00. The van der Waals surface area contributed by atoms with Gasteiger partial charge in [-0.3, -0.25) is 9.69 Å². The molecule has 0 saturated carbocycles. The average molecular weight is 308 g/mol. The number of hydrogen-bond donors (Lipinski definition) is 0. The Hall–Kier alpha value is -1.39. The minimum absolute atomic E-state index is 0.0838. The van der Waals surface area contributed by atoms with E-state index in [2.05, 4.69) is 4.90 Å². The van der Waals surface area contributed by atoms with Crippen molar-refractivity contribution in [3.8, 4) is 0 Å². The van der Waals surface area contributed by atoms with Gasteiger partial charge in [0.1, 0.15) is 0 Å². The lowest BCUT2D eigenvalue weighted by molar-refractivity contribution is -0.138. The van der Waals surface area contributed by atoms with Crippen molar-refractivity contribution in [3.63, 3.8) is 0 Å². The number of allylic oxidation sites excluding steroid dienone is 1. The molecule has 0 N–H and O–H groups in total. The van der Waals surface area contributed by atoms with Gasteiger partial charge < -0.3 is 4.74 Å². The number of carbonyl (C=O) groups excluding carboxylic acids is 2. The van der Waals surface area contributed by atoms with Crippen LogP contribution in [0.15, 0.2) is 35.5 Å². The van der Waals surface area contributed by atoms with E-state index >= 15 is 0 Å². The Labute approximate surface area is 129 Å². The third-order valence-electron chi connectivity index (χ3n) is 4.25. The summed E-state index contributed by atoms with van der Waals surface area (Å²) in [6.07, 6.45) is 8.02. The van der Waals surface area contributed by atoms with Crippen molar-refractivity contribution in [3.05, 3.63) is 35.5 Å². The molecule has 2 heterocycles. The Morgan fingerprint density at radius 3 is 3.10 bits per heavy atom. The summed E-state index contributed by atoms with van der Waals surface area (Å²) >= 11 is 6.42. The summed E-state index contributed by atoms with van der Waals surface area (Å²) in [5.41, 5.74) is 1.58. The van der Waals surface area contributed by atoms with Gasteiger partial charge in [-0.25, -0.2) is 4.79 Å². The maximum Gasteiger partial charge on any atom is 0.337 e. The molecule has 2 aliphatic heterocycles. The number of ketones is 1. The first-order chi connectivity index (χ1) is 10.1. The first-order valence-electron chi connectivity index (χ1n) is 7.29. The second-order valence-electron chi connectivity index (χ2n) is 5.58. The van der Waals surface area contributed by atoms with Crippen molar-refractivity contribution in [2.24, 2.45) is 5.92 Å². The van der Waals surface area contributed by atoms with Crippen LogP contribution >= 0.6 is 11.6 Å². The fourth-order valence-electron chi connectivity index (χ4n) is 3.38. The van der Waals surface area contributed by atoms with Crippen LogP contribution in [0.25, 0.3) is 0 Å². The first kappa shape index (κ1) is 14.5. The normalized spacial score (nSPS) is 31.9. The maximum atomic E-state index is 12.0. The molecule has 0 bridgehead atoms. The molecule has 0 aromatic rings. The highest BCUT2D eigenvalue weighted by molar-refractivity contribution is 6.24. The molecular formula is C16H18ClNO3. The van der Waals surface area contributed by atoms with Gasteiger partial charge in [0.15, 0.2) is 5.78 Å². The SMILES string of the molecule is CCOC(=O)C1=CC2CCN3CC(=O)C=CC(Cl)C(=C1)C23. The summed E-state index contributed by atoms with van der Waals surface area (Å²) in [4.78, 5) is 26.0. The Morgan fingerprint density at radius 1 is 1.52 bits per heavy atom. The molecular weight excluding hydrogens is 290 g/mol. The second-order valence-corrected chi connectivity index (χ2v) is 6.05. The van der Waals surface area contributed by atoms with E-state index in [-0.39, 0.29) is 29.1 Å². The smallest absolute Gasteiger partial charge is 0.337 e. The summed E-state index contributed by atoms with van der Waals surface area (Å²) in [5, 5.41) is -0.361. The molecule has 0 radical (unpaired) electrons. The summed E-state index contributed by atoms with van der Waals surface area (Å²) < 4.78 is 5.10. The lowest BCUT2D eigenvalue weighted by Gasteiger charge is -2.34. The molecule has 1 fully saturated rings. The van der Waals surface area contributed by atoms with E-state index in [0.717, 1.165) is 18.5 Å². The predicted octanol–water partition coefficient (Wildman–Crippen LogP) is 1.85. The second kappa shape index (κ2) is 5.78. The van der Waals surface area contributed by atoms with Crippen LogP contribution in [0.3, 0.4) is 0 Å². The number of halogens is 1. The van der Waals surface area contributed by atoms with Crippen molar-refractivity contribution in [1.82, 2.24) is 4.90 Å². The van der Waals surface area contributed by atoms with E-state index < -0.39 is 0 Å². The van der Waals surface area contributed by atoms with Gasteiger partial charge in [-0.15, -0.1) is 11.6 Å². The number of carbonyl (C=O) groups is 2. The zero-order valence-corrected chi connectivity index (χ0v) is 12.7. The van der Waals surface area contributed by atoms with Crippen LogP contribution in [-0.2, 0) is 14.3 Å². The van der Waals surface area contributed by atoms with Crippen molar-refractivity contribution in [1.29, 1.82) is 0 Å². The van der Waals surface area contributed by atoms with Gasteiger partial charge in [0.2, 0.25) is 0 Å². The molecule has 112 valence electrons. The highest BCUT2D eigenvalue weighted by atomic mass is 35.5. The monoisotopic (exact) mass is 307 g/mol. The molecule has 21 heavy (non-hydrogen) atoms. The highest BCUT2D eigenvalue weighted by Crippen LogP contribution is 2.39. The number of nitrogens with zero attached hydrogens (tertiary/aromatic N) is 1. The van der Waals surface area contributed by atoms with E-state index in [9.17, 15) is 9.59 Å². The van der Waals surface area contributed by atoms with E-state index in [1.54, 1.807) is 19.1 Å². The van der Waals surface area contributed by atoms with E-state index in [0.29, 0.717) is 18.7 Å². The van der Waals surface area contributed by atoms with Crippen LogP contribution < -0.4 is 0 Å². The molecule has 4 nitrogen and oxygen atoms in total. The minimum atomic E-state index is -0.361. The zero-order valence-electron chi connectivity index (χ0n) is 11.9. The molecule has 0 aromatic carbocycles. The molecule has 3 unspecified atom stereocenters. The van der Waals surface area contributed by atoms with Crippen LogP contribution in [-0.4, -0.2) is 47.8 Å². The third-order valence-corrected chi connectivity index (χ3v) is 4.64. The number of alkyl halides is 1. The largest absolute Gasteiger partial charge is 0.462 e. The van der Waals surface area contributed by atoms with Crippen LogP contribution in [0, 0.1) is 5.92 Å². The van der Waals surface area contributed by atoms with Gasteiger partial charge in [0.25, 0.3) is 0 Å². The summed E-state index contributed by atoms with van der Waals surface area (Å²) in [5.74, 6) is 0.0124. The van der Waals surface area contributed by atoms with Gasteiger partial charge in [-0.1, -0.05) is 12.2 Å². The molecule has 3 atom stereocenters. The average Bonchev–Trinajstić information content (AvgIpc) is 2.86. The summed E-state index contributed by atoms with van der Waals surface area (Å²) in [7, 11) is 0. The van der Waals surface area contributed by atoms with Gasteiger partial charge in [-0.05, 0) is 43.5 Å². The number of rotatable bonds is 2. The number of hydrogen-bond acceptors (Lipinski definition) is 4. The van der Waals surface area contributed by atoms with Gasteiger partial charge >= 0.3 is 5.97 Å². The topological polar surface area (TPSA) is 46.6 Å². The molecule has 0 spiro atoms. The van der Waals surface area contributed by atoms with Crippen molar-refractivity contribution in [2.45, 2.75) is 24.8 Å². The molecule has 5 heteroatoms. The first-order valence-corrected chi connectivity index (χ1v) is 7.73. The number of esters is 1. The van der Waals surface area contributed by atoms with Gasteiger partial charge in [-0.2, -0.15) is 0 Å². The molecule has 0 amide bonds. The zero-order chi connectivity index (χ0) is 15.0. The Bertz CT molecular complexity index is 564. The van der Waals surface area contributed by atoms with E-state index in [1.807, 2.05) is 12.2 Å². The number of ether oxygens (including phenoxy) is 1. The maximum absolute atomic E-state index is 12.0. The molecule has 0 aromatic heterocycles. The molecule has 3 rings (SSSR count). The van der Waals surface area contributed by atoms with Crippen molar-refractivity contribution >= 4 is 23.4 Å². The lowest BCUT2D eigenvalue weighted by Crippen LogP contribution is -2.42. The van der Waals surface area contributed by atoms with Crippen LogP contribution in [0.1, 0.15) is 13.3 Å². The minimum Gasteiger partial charge on any atom is -0.462 e. The van der Waals surface area contributed by atoms with E-state index in [1.165, 1.54) is 0 Å². The third kappa shape index (κ3) is 2.70. The summed E-state index contributed by atoms with van der Waals surface area (Å²) in [6, 6.07) is 0.125. The Morgan fingerprint density at radius 2 is 2.33 bits per heavy atom. The summed E-state index contributed by atoms with van der Waals surface area (Å²) in [6.45, 7) is 3.42. The lowest BCUT2D eigenvalue weighted by atomic mass is 9.83.